The molecule has 174 valence electrons. The van der Waals surface area contributed by atoms with Crippen molar-refractivity contribution in [2.45, 2.75) is 32.0 Å². The van der Waals surface area contributed by atoms with E-state index in [-0.39, 0.29) is 12.0 Å². The Kier molecular flexibility index (Phi) is 5.99. The smallest absolute Gasteiger partial charge is 0.323 e. The van der Waals surface area contributed by atoms with E-state index in [0.29, 0.717) is 24.5 Å². The van der Waals surface area contributed by atoms with E-state index in [0.717, 1.165) is 38.9 Å². The molecule has 2 N–H and O–H groups in total. The average Bonchev–Trinajstić information content (AvgIpc) is 3.26. The maximum atomic E-state index is 12.6. The lowest BCUT2D eigenvalue weighted by Gasteiger charge is -2.31. The highest BCUT2D eigenvalue weighted by molar-refractivity contribution is 5.87. The largest absolute Gasteiger partial charge is 0.493 e. The van der Waals surface area contributed by atoms with Gasteiger partial charge in [-0.05, 0) is 47.4 Å². The van der Waals surface area contributed by atoms with Crippen LogP contribution in [-0.4, -0.2) is 31.2 Å². The first-order valence-electron chi connectivity index (χ1n) is 11.4. The topological polar surface area (TPSA) is 72.6 Å². The second-order valence-electron chi connectivity index (χ2n) is 8.58. The minimum absolute atomic E-state index is 0.225. The van der Waals surface area contributed by atoms with Gasteiger partial charge < -0.3 is 19.2 Å². The van der Waals surface area contributed by atoms with Gasteiger partial charge in [0.15, 0.2) is 11.5 Å². The van der Waals surface area contributed by atoms with Crippen molar-refractivity contribution in [3.63, 3.8) is 0 Å². The van der Waals surface area contributed by atoms with Gasteiger partial charge in [0.05, 0.1) is 20.3 Å². The number of benzene rings is 3. The lowest BCUT2D eigenvalue weighted by Crippen LogP contribution is -2.45. The first-order chi connectivity index (χ1) is 16.6. The number of esters is 1. The molecule has 0 amide bonds. The number of methoxy groups -OCH3 is 2. The van der Waals surface area contributed by atoms with Crippen molar-refractivity contribution in [2.24, 2.45) is 0 Å². The van der Waals surface area contributed by atoms with E-state index in [9.17, 15) is 4.79 Å². The molecule has 0 aliphatic carbocycles. The standard InChI is InChI=1S/C28H28N2O4/c1-17-13-25(34-16-18-9-5-4-6-10-18)24(32-2)15-20(17)26-27-21(14-23(30-26)28(31)33-3)19-11-7-8-12-22(19)29-27/h4-13,15,23,26,29-30H,14,16H2,1-3H3. The Bertz CT molecular complexity index is 1330. The fourth-order valence-corrected chi connectivity index (χ4v) is 4.77. The molecule has 4 aromatic rings. The minimum atomic E-state index is -0.443. The Hall–Kier alpha value is -3.77. The van der Waals surface area contributed by atoms with E-state index < -0.39 is 6.04 Å². The lowest BCUT2D eigenvalue weighted by atomic mass is 9.88. The number of aryl methyl sites for hydroxylation is 1. The molecular formula is C28H28N2O4. The zero-order chi connectivity index (χ0) is 23.7. The highest BCUT2D eigenvalue weighted by atomic mass is 16.5. The maximum absolute atomic E-state index is 12.6. The number of nitrogens with one attached hydrogen (secondary N) is 2. The molecular weight excluding hydrogens is 428 g/mol. The molecule has 2 unspecified atom stereocenters. The molecule has 0 saturated carbocycles. The van der Waals surface area contributed by atoms with E-state index in [4.69, 9.17) is 14.2 Å². The van der Waals surface area contributed by atoms with E-state index in [1.165, 1.54) is 7.11 Å². The molecule has 0 spiro atoms. The van der Waals surface area contributed by atoms with Gasteiger partial charge in [-0.25, -0.2) is 0 Å². The van der Waals surface area contributed by atoms with Gasteiger partial charge in [0.2, 0.25) is 0 Å². The lowest BCUT2D eigenvalue weighted by molar-refractivity contribution is -0.143. The molecule has 2 atom stereocenters. The van der Waals surface area contributed by atoms with Gasteiger partial charge >= 0.3 is 5.97 Å². The number of aromatic amines is 1. The van der Waals surface area contributed by atoms with Gasteiger partial charge in [0.25, 0.3) is 0 Å². The van der Waals surface area contributed by atoms with E-state index in [2.05, 4.69) is 29.4 Å². The third-order valence-electron chi connectivity index (χ3n) is 6.50. The number of hydrogen-bond donors (Lipinski definition) is 2. The summed E-state index contributed by atoms with van der Waals surface area (Å²) < 4.78 is 16.9. The van der Waals surface area contributed by atoms with Gasteiger partial charge in [-0.1, -0.05) is 48.5 Å². The normalized spacial score (nSPS) is 17.3. The number of aromatic nitrogens is 1. The Balaban J connectivity index is 1.55. The summed E-state index contributed by atoms with van der Waals surface area (Å²) in [5.74, 6) is 1.06. The Morgan fingerprint density at radius 1 is 1.00 bits per heavy atom. The zero-order valence-electron chi connectivity index (χ0n) is 19.6. The van der Waals surface area contributed by atoms with Crippen LogP contribution < -0.4 is 14.8 Å². The van der Waals surface area contributed by atoms with Crippen molar-refractivity contribution in [3.8, 4) is 11.5 Å². The molecule has 5 rings (SSSR count). The van der Waals surface area contributed by atoms with Gasteiger partial charge in [-0.15, -0.1) is 0 Å². The molecule has 6 heteroatoms. The van der Waals surface area contributed by atoms with Crippen LogP contribution in [0.1, 0.15) is 34.0 Å². The van der Waals surface area contributed by atoms with Crippen LogP contribution in [0, 0.1) is 6.92 Å². The summed E-state index contributed by atoms with van der Waals surface area (Å²) in [4.78, 5) is 16.1. The molecule has 0 bridgehead atoms. The highest BCUT2D eigenvalue weighted by Gasteiger charge is 2.35. The van der Waals surface area contributed by atoms with Crippen LogP contribution in [0.2, 0.25) is 0 Å². The summed E-state index contributed by atoms with van der Waals surface area (Å²) in [6.45, 7) is 2.50. The molecule has 0 fully saturated rings. The summed E-state index contributed by atoms with van der Waals surface area (Å²) in [5, 5.41) is 4.63. The van der Waals surface area contributed by atoms with E-state index in [1.807, 2.05) is 54.6 Å². The van der Waals surface area contributed by atoms with Crippen LogP contribution in [0.5, 0.6) is 11.5 Å². The predicted octanol–water partition coefficient (Wildman–Crippen LogP) is 4.84. The number of fused-ring (bicyclic) bond motifs is 3. The molecule has 3 aromatic carbocycles. The summed E-state index contributed by atoms with van der Waals surface area (Å²) >= 11 is 0. The number of carbonyl (C=O) groups excluding carboxylic acids is 1. The third kappa shape index (κ3) is 4.01. The number of rotatable bonds is 6. The second kappa shape index (κ2) is 9.23. The van der Waals surface area contributed by atoms with Crippen molar-refractivity contribution < 1.29 is 19.0 Å². The number of H-pyrrole nitrogens is 1. The fourth-order valence-electron chi connectivity index (χ4n) is 4.77. The second-order valence-corrected chi connectivity index (χ2v) is 8.58. The third-order valence-corrected chi connectivity index (χ3v) is 6.50. The zero-order valence-corrected chi connectivity index (χ0v) is 19.6. The van der Waals surface area contributed by atoms with Crippen molar-refractivity contribution in [1.29, 1.82) is 0 Å². The Morgan fingerprint density at radius 3 is 2.53 bits per heavy atom. The quantitative estimate of drug-likeness (QED) is 0.406. The molecule has 34 heavy (non-hydrogen) atoms. The summed E-state index contributed by atoms with van der Waals surface area (Å²) in [6, 6.07) is 21.6. The van der Waals surface area contributed by atoms with Crippen molar-refractivity contribution in [2.75, 3.05) is 14.2 Å². The van der Waals surface area contributed by atoms with E-state index >= 15 is 0 Å². The van der Waals surface area contributed by atoms with Crippen LogP contribution in [0.4, 0.5) is 0 Å². The van der Waals surface area contributed by atoms with Crippen LogP contribution >= 0.6 is 0 Å². The van der Waals surface area contributed by atoms with Crippen LogP contribution in [-0.2, 0) is 22.6 Å². The van der Waals surface area contributed by atoms with Gasteiger partial charge in [-0.2, -0.15) is 0 Å². The predicted molar refractivity (Wildman–Crippen MR) is 131 cm³/mol. The van der Waals surface area contributed by atoms with Crippen molar-refractivity contribution in [1.82, 2.24) is 10.3 Å². The molecule has 0 saturated heterocycles. The monoisotopic (exact) mass is 456 g/mol. The molecule has 0 radical (unpaired) electrons. The van der Waals surface area contributed by atoms with Crippen LogP contribution in [0.25, 0.3) is 10.9 Å². The first kappa shape index (κ1) is 22.0. The summed E-state index contributed by atoms with van der Waals surface area (Å²) in [5.41, 5.74) is 6.39. The van der Waals surface area contributed by atoms with E-state index in [1.54, 1.807) is 7.11 Å². The fraction of sp³-hybridized carbons (Fsp3) is 0.250. The summed E-state index contributed by atoms with van der Waals surface area (Å²) in [6.07, 6.45) is 0.566. The summed E-state index contributed by atoms with van der Waals surface area (Å²) in [7, 11) is 3.07. The Labute approximate surface area is 198 Å². The van der Waals surface area contributed by atoms with Gasteiger partial charge in [0.1, 0.15) is 12.6 Å². The molecule has 2 heterocycles. The maximum Gasteiger partial charge on any atom is 0.323 e. The van der Waals surface area contributed by atoms with Crippen molar-refractivity contribution >= 4 is 16.9 Å². The number of para-hydroxylation sites is 1. The number of hydrogen-bond acceptors (Lipinski definition) is 5. The number of carbonyl (C=O) groups is 1. The molecule has 1 aromatic heterocycles. The highest BCUT2D eigenvalue weighted by Crippen LogP contribution is 2.40. The molecule has 6 nitrogen and oxygen atoms in total. The van der Waals surface area contributed by atoms with Gasteiger partial charge in [-0.3, -0.25) is 10.1 Å². The van der Waals surface area contributed by atoms with Crippen LogP contribution in [0.3, 0.4) is 0 Å². The first-order valence-corrected chi connectivity index (χ1v) is 11.4. The molecule has 1 aliphatic rings. The minimum Gasteiger partial charge on any atom is -0.493 e. The number of ether oxygens (including phenoxy) is 3. The molecule has 1 aliphatic heterocycles. The average molecular weight is 457 g/mol. The van der Waals surface area contributed by atoms with Crippen molar-refractivity contribution in [3.05, 3.63) is 94.7 Å². The SMILES string of the molecule is COC(=O)C1Cc2c([nH]c3ccccc23)C(c2cc(OC)c(OCc3ccccc3)cc2C)N1. The Morgan fingerprint density at radius 2 is 1.76 bits per heavy atom. The van der Waals surface area contributed by atoms with Crippen LogP contribution in [0.15, 0.2) is 66.7 Å². The van der Waals surface area contributed by atoms with Gasteiger partial charge in [0, 0.05) is 23.0 Å².